The lowest BCUT2D eigenvalue weighted by Crippen LogP contribution is -2.35. The van der Waals surface area contributed by atoms with Gasteiger partial charge in [-0.1, -0.05) is 24.3 Å². The highest BCUT2D eigenvalue weighted by Gasteiger charge is 2.18. The molecule has 0 unspecified atom stereocenters. The van der Waals surface area contributed by atoms with Crippen molar-refractivity contribution in [3.8, 4) is 0 Å². The van der Waals surface area contributed by atoms with E-state index in [2.05, 4.69) is 53.5 Å². The van der Waals surface area contributed by atoms with Crippen LogP contribution in [0.25, 0.3) is 0 Å². The van der Waals surface area contributed by atoms with Crippen molar-refractivity contribution in [2.24, 2.45) is 5.92 Å². The van der Waals surface area contributed by atoms with Crippen LogP contribution in [0.3, 0.4) is 0 Å². The molecule has 1 aliphatic rings. The van der Waals surface area contributed by atoms with E-state index in [-0.39, 0.29) is 0 Å². The van der Waals surface area contributed by atoms with E-state index in [1.807, 2.05) is 7.05 Å². The van der Waals surface area contributed by atoms with Gasteiger partial charge in [-0.25, -0.2) is 0 Å². The molecule has 1 saturated heterocycles. The Bertz CT molecular complexity index is 397. The molecule has 112 valence electrons. The van der Waals surface area contributed by atoms with Crippen LogP contribution in [0.2, 0.25) is 0 Å². The van der Waals surface area contributed by atoms with E-state index in [1.54, 1.807) is 0 Å². The maximum atomic E-state index is 3.26. The molecule has 0 spiro atoms. The highest BCUT2D eigenvalue weighted by Crippen LogP contribution is 2.18. The number of rotatable bonds is 6. The summed E-state index contributed by atoms with van der Waals surface area (Å²) in [6, 6.07) is 8.78. The maximum absolute atomic E-state index is 3.26. The zero-order chi connectivity index (χ0) is 14.4. The molecular weight excluding hydrogens is 246 g/mol. The van der Waals surface area contributed by atoms with Gasteiger partial charge in [-0.3, -0.25) is 0 Å². The first-order valence-corrected chi connectivity index (χ1v) is 7.77. The average molecular weight is 275 g/mol. The summed E-state index contributed by atoms with van der Waals surface area (Å²) in [7, 11) is 6.50. The Labute approximate surface area is 124 Å². The van der Waals surface area contributed by atoms with Gasteiger partial charge in [0.15, 0.2) is 0 Å². The third-order valence-electron chi connectivity index (χ3n) is 4.33. The number of hydrogen-bond acceptors (Lipinski definition) is 3. The monoisotopic (exact) mass is 275 g/mol. The van der Waals surface area contributed by atoms with Crippen molar-refractivity contribution in [3.63, 3.8) is 0 Å². The number of piperidine rings is 1. The molecule has 0 saturated carbocycles. The van der Waals surface area contributed by atoms with E-state index in [0.29, 0.717) is 0 Å². The average Bonchev–Trinajstić information content (AvgIpc) is 2.44. The number of hydrogen-bond donors (Lipinski definition) is 1. The molecule has 0 aromatic heterocycles. The lowest BCUT2D eigenvalue weighted by atomic mass is 9.96. The third-order valence-corrected chi connectivity index (χ3v) is 4.33. The normalized spacial score (nSPS) is 17.8. The summed E-state index contributed by atoms with van der Waals surface area (Å²) in [4.78, 5) is 4.93. The second kappa shape index (κ2) is 7.77. The van der Waals surface area contributed by atoms with E-state index >= 15 is 0 Å². The summed E-state index contributed by atoms with van der Waals surface area (Å²) in [6.07, 6.45) is 2.69. The van der Waals surface area contributed by atoms with Crippen molar-refractivity contribution in [1.82, 2.24) is 15.1 Å². The molecule has 0 amide bonds. The predicted molar refractivity (Wildman–Crippen MR) is 85.8 cm³/mol. The van der Waals surface area contributed by atoms with Crippen LogP contribution in [0.4, 0.5) is 0 Å². The molecule has 0 atom stereocenters. The van der Waals surface area contributed by atoms with Gasteiger partial charge in [0.2, 0.25) is 0 Å². The zero-order valence-electron chi connectivity index (χ0n) is 13.2. The number of nitrogens with one attached hydrogen (secondary N) is 1. The Balaban J connectivity index is 1.86. The van der Waals surface area contributed by atoms with E-state index in [0.717, 1.165) is 19.0 Å². The van der Waals surface area contributed by atoms with Gasteiger partial charge in [-0.2, -0.15) is 0 Å². The second-order valence-electron chi connectivity index (χ2n) is 6.24. The summed E-state index contributed by atoms with van der Waals surface area (Å²) in [5.41, 5.74) is 2.88. The molecule has 1 heterocycles. The molecule has 1 N–H and O–H groups in total. The molecule has 1 fully saturated rings. The summed E-state index contributed by atoms with van der Waals surface area (Å²) in [6.45, 7) is 5.76. The lowest BCUT2D eigenvalue weighted by Gasteiger charge is -2.32. The highest BCUT2D eigenvalue weighted by molar-refractivity contribution is 5.26. The largest absolute Gasteiger partial charge is 0.316 e. The Morgan fingerprint density at radius 2 is 1.85 bits per heavy atom. The van der Waals surface area contributed by atoms with Crippen molar-refractivity contribution in [3.05, 3.63) is 35.4 Å². The topological polar surface area (TPSA) is 18.5 Å². The number of benzene rings is 1. The van der Waals surface area contributed by atoms with Crippen LogP contribution in [0.1, 0.15) is 24.0 Å². The van der Waals surface area contributed by atoms with Gasteiger partial charge in [0, 0.05) is 19.6 Å². The van der Waals surface area contributed by atoms with E-state index in [4.69, 9.17) is 0 Å². The number of nitrogens with zero attached hydrogens (tertiary/aromatic N) is 2. The fourth-order valence-corrected chi connectivity index (χ4v) is 3.12. The smallest absolute Gasteiger partial charge is 0.0234 e. The molecular formula is C17H29N3. The first kappa shape index (κ1) is 15.5. The first-order valence-electron chi connectivity index (χ1n) is 7.77. The molecule has 3 nitrogen and oxygen atoms in total. The maximum Gasteiger partial charge on any atom is 0.0234 e. The van der Waals surface area contributed by atoms with Crippen LogP contribution in [0, 0.1) is 5.92 Å². The van der Waals surface area contributed by atoms with E-state index in [1.165, 1.54) is 43.6 Å². The number of likely N-dealkylation sites (tertiary alicyclic amines) is 1. The second-order valence-corrected chi connectivity index (χ2v) is 6.24. The molecule has 2 rings (SSSR count). The van der Waals surface area contributed by atoms with Crippen molar-refractivity contribution in [1.29, 1.82) is 0 Å². The van der Waals surface area contributed by atoms with Crippen LogP contribution >= 0.6 is 0 Å². The van der Waals surface area contributed by atoms with Crippen molar-refractivity contribution in [2.45, 2.75) is 25.9 Å². The van der Waals surface area contributed by atoms with Gasteiger partial charge in [-0.15, -0.1) is 0 Å². The van der Waals surface area contributed by atoms with E-state index in [9.17, 15) is 0 Å². The zero-order valence-corrected chi connectivity index (χ0v) is 13.2. The first-order chi connectivity index (χ1) is 9.69. The molecule has 0 bridgehead atoms. The molecule has 1 aromatic rings. The molecule has 20 heavy (non-hydrogen) atoms. The van der Waals surface area contributed by atoms with Crippen LogP contribution in [0.5, 0.6) is 0 Å². The lowest BCUT2D eigenvalue weighted by molar-refractivity contribution is 0.173. The SMILES string of the molecule is CNCc1ccccc1CN(C)CC1CCN(C)CC1. The Morgan fingerprint density at radius 1 is 1.20 bits per heavy atom. The van der Waals surface area contributed by atoms with Gasteiger partial charge >= 0.3 is 0 Å². The minimum Gasteiger partial charge on any atom is -0.316 e. The van der Waals surface area contributed by atoms with Gasteiger partial charge in [0.05, 0.1) is 0 Å². The molecule has 1 aliphatic heterocycles. The van der Waals surface area contributed by atoms with Crippen LogP contribution in [-0.2, 0) is 13.1 Å². The standard InChI is InChI=1S/C17H29N3/c1-18-12-16-6-4-5-7-17(16)14-20(3)13-15-8-10-19(2)11-9-15/h4-7,15,18H,8-14H2,1-3H3. The fraction of sp³-hybridized carbons (Fsp3) is 0.647. The van der Waals surface area contributed by atoms with Crippen molar-refractivity contribution in [2.75, 3.05) is 40.8 Å². The van der Waals surface area contributed by atoms with Gasteiger partial charge < -0.3 is 15.1 Å². The van der Waals surface area contributed by atoms with Crippen LogP contribution < -0.4 is 5.32 Å². The van der Waals surface area contributed by atoms with Crippen molar-refractivity contribution >= 4 is 0 Å². The minimum atomic E-state index is 0.868. The molecule has 0 radical (unpaired) electrons. The Hall–Kier alpha value is -0.900. The fourth-order valence-electron chi connectivity index (χ4n) is 3.12. The summed E-state index contributed by atoms with van der Waals surface area (Å²) >= 11 is 0. The van der Waals surface area contributed by atoms with Crippen LogP contribution in [-0.4, -0.2) is 50.6 Å². The summed E-state index contributed by atoms with van der Waals surface area (Å²) in [5.74, 6) is 0.868. The van der Waals surface area contributed by atoms with Crippen molar-refractivity contribution < 1.29 is 0 Å². The summed E-state index contributed by atoms with van der Waals surface area (Å²) < 4.78 is 0. The Kier molecular flexibility index (Phi) is 6.02. The highest BCUT2D eigenvalue weighted by atomic mass is 15.1. The molecule has 0 aliphatic carbocycles. The van der Waals surface area contributed by atoms with E-state index < -0.39 is 0 Å². The minimum absolute atomic E-state index is 0.868. The predicted octanol–water partition coefficient (Wildman–Crippen LogP) is 2.18. The Morgan fingerprint density at radius 3 is 2.50 bits per heavy atom. The van der Waals surface area contributed by atoms with Gasteiger partial charge in [0.25, 0.3) is 0 Å². The third kappa shape index (κ3) is 4.58. The molecule has 3 heteroatoms. The molecule has 1 aromatic carbocycles. The van der Waals surface area contributed by atoms with Gasteiger partial charge in [0.1, 0.15) is 0 Å². The summed E-state index contributed by atoms with van der Waals surface area (Å²) in [5, 5.41) is 3.26. The van der Waals surface area contributed by atoms with Crippen LogP contribution in [0.15, 0.2) is 24.3 Å². The van der Waals surface area contributed by atoms with Gasteiger partial charge in [-0.05, 0) is 64.1 Å². The quantitative estimate of drug-likeness (QED) is 0.858.